The number of carboxylic acids is 1. The van der Waals surface area contributed by atoms with Crippen molar-refractivity contribution in [2.45, 2.75) is 19.4 Å². The molecule has 86 valence electrons. The maximum absolute atomic E-state index is 11.0. The Hall–Kier alpha value is -1.79. The van der Waals surface area contributed by atoms with Crippen LogP contribution in [0.1, 0.15) is 13.3 Å². The van der Waals surface area contributed by atoms with Crippen LogP contribution in [0, 0.1) is 0 Å². The fourth-order valence-corrected chi connectivity index (χ4v) is 0.724. The highest BCUT2D eigenvalue weighted by Crippen LogP contribution is 1.81. The predicted octanol–water partition coefficient (Wildman–Crippen LogP) is -1.11. The molecule has 0 aliphatic rings. The first-order chi connectivity index (χ1) is 6.97. The summed E-state index contributed by atoms with van der Waals surface area (Å²) >= 11 is 0. The fourth-order valence-electron chi connectivity index (χ4n) is 0.724. The number of hydrogen-bond acceptors (Lipinski definition) is 3. The summed E-state index contributed by atoms with van der Waals surface area (Å²) in [5.74, 6) is -1.31. The van der Waals surface area contributed by atoms with Crippen molar-refractivity contribution in [3.63, 3.8) is 0 Å². The highest BCUT2D eigenvalue weighted by molar-refractivity contribution is 5.82. The molecule has 0 saturated carbocycles. The molecule has 0 aromatic heterocycles. The lowest BCUT2D eigenvalue weighted by molar-refractivity contribution is -0.138. The lowest BCUT2D eigenvalue weighted by Gasteiger charge is -2.10. The Morgan fingerprint density at radius 1 is 1.33 bits per heavy atom. The third-order valence-electron chi connectivity index (χ3n) is 1.63. The van der Waals surface area contributed by atoms with Crippen molar-refractivity contribution in [1.82, 2.24) is 16.0 Å². The van der Waals surface area contributed by atoms with Crippen molar-refractivity contribution in [3.05, 3.63) is 0 Å². The average Bonchev–Trinajstić information content (AvgIpc) is 2.17. The van der Waals surface area contributed by atoms with Crippen LogP contribution in [0.15, 0.2) is 0 Å². The van der Waals surface area contributed by atoms with Gasteiger partial charge in [-0.3, -0.25) is 9.59 Å². The van der Waals surface area contributed by atoms with Gasteiger partial charge in [-0.2, -0.15) is 0 Å². The van der Waals surface area contributed by atoms with Crippen LogP contribution in [-0.4, -0.2) is 42.6 Å². The van der Waals surface area contributed by atoms with E-state index in [9.17, 15) is 14.4 Å². The summed E-state index contributed by atoms with van der Waals surface area (Å²) in [5, 5.41) is 15.4. The van der Waals surface area contributed by atoms with Crippen LogP contribution in [0.2, 0.25) is 0 Å². The van der Waals surface area contributed by atoms with E-state index < -0.39 is 18.0 Å². The molecule has 0 aromatic carbocycles. The molecule has 7 nitrogen and oxygen atoms in total. The van der Waals surface area contributed by atoms with E-state index in [2.05, 4.69) is 16.0 Å². The number of rotatable bonds is 5. The second-order valence-electron chi connectivity index (χ2n) is 2.88. The normalized spacial score (nSPS) is 11.3. The molecule has 0 fully saturated rings. The molecule has 0 aliphatic carbocycles. The minimum absolute atomic E-state index is 0.158. The van der Waals surface area contributed by atoms with Gasteiger partial charge in [-0.05, 0) is 6.92 Å². The molecule has 1 atom stereocenters. The van der Waals surface area contributed by atoms with Crippen molar-refractivity contribution < 1.29 is 19.5 Å². The molecule has 7 heteroatoms. The molecule has 1 unspecified atom stereocenters. The molecule has 0 heterocycles. The fraction of sp³-hybridized carbons (Fsp3) is 0.625. The van der Waals surface area contributed by atoms with E-state index in [-0.39, 0.29) is 18.9 Å². The second-order valence-corrected chi connectivity index (χ2v) is 2.88. The number of carbonyl (C=O) groups excluding carboxylic acids is 2. The maximum Gasteiger partial charge on any atom is 0.325 e. The molecule has 0 rings (SSSR count). The van der Waals surface area contributed by atoms with E-state index in [1.165, 1.54) is 14.0 Å². The van der Waals surface area contributed by atoms with Crippen molar-refractivity contribution in [3.8, 4) is 0 Å². The van der Waals surface area contributed by atoms with Gasteiger partial charge in [0.2, 0.25) is 5.91 Å². The first-order valence-electron chi connectivity index (χ1n) is 4.45. The maximum atomic E-state index is 11.0. The van der Waals surface area contributed by atoms with Crippen LogP contribution in [0.4, 0.5) is 4.79 Å². The first kappa shape index (κ1) is 13.2. The van der Waals surface area contributed by atoms with Crippen molar-refractivity contribution in [2.75, 3.05) is 13.6 Å². The smallest absolute Gasteiger partial charge is 0.325 e. The largest absolute Gasteiger partial charge is 0.480 e. The Bertz CT molecular complexity index is 254. The molecular weight excluding hydrogens is 202 g/mol. The van der Waals surface area contributed by atoms with Gasteiger partial charge >= 0.3 is 12.0 Å². The number of carboxylic acid groups (broad SMARTS) is 1. The number of amides is 3. The Balaban J connectivity index is 3.67. The summed E-state index contributed by atoms with van der Waals surface area (Å²) in [4.78, 5) is 32.1. The number of nitrogens with one attached hydrogen (secondary N) is 3. The molecule has 0 aromatic rings. The Morgan fingerprint density at radius 3 is 2.40 bits per heavy atom. The number of hydrogen-bond donors (Lipinski definition) is 4. The van der Waals surface area contributed by atoms with Gasteiger partial charge in [0.25, 0.3) is 0 Å². The van der Waals surface area contributed by atoms with Gasteiger partial charge in [0.05, 0.1) is 0 Å². The van der Waals surface area contributed by atoms with Gasteiger partial charge in [0, 0.05) is 20.0 Å². The molecule has 0 aliphatic heterocycles. The number of aliphatic carboxylic acids is 1. The van der Waals surface area contributed by atoms with Crippen molar-refractivity contribution >= 4 is 17.9 Å². The Kier molecular flexibility index (Phi) is 5.84. The minimum atomic E-state index is -1.11. The van der Waals surface area contributed by atoms with Crippen LogP contribution in [0.25, 0.3) is 0 Å². The van der Waals surface area contributed by atoms with Crippen LogP contribution >= 0.6 is 0 Å². The van der Waals surface area contributed by atoms with Gasteiger partial charge < -0.3 is 21.1 Å². The van der Waals surface area contributed by atoms with Crippen LogP contribution in [0.5, 0.6) is 0 Å². The zero-order chi connectivity index (χ0) is 11.8. The molecule has 0 saturated heterocycles. The lowest BCUT2D eigenvalue weighted by Crippen LogP contribution is -2.45. The van der Waals surface area contributed by atoms with E-state index in [1.807, 2.05) is 0 Å². The highest BCUT2D eigenvalue weighted by atomic mass is 16.4. The summed E-state index contributed by atoms with van der Waals surface area (Å²) in [6.45, 7) is 1.51. The van der Waals surface area contributed by atoms with Crippen molar-refractivity contribution in [2.24, 2.45) is 0 Å². The lowest BCUT2D eigenvalue weighted by atomic mass is 10.3. The van der Waals surface area contributed by atoms with E-state index in [4.69, 9.17) is 5.11 Å². The second kappa shape index (κ2) is 6.63. The van der Waals surface area contributed by atoms with Gasteiger partial charge in [-0.15, -0.1) is 0 Å². The Morgan fingerprint density at radius 2 is 1.93 bits per heavy atom. The number of carbonyl (C=O) groups is 3. The Labute approximate surface area is 87.2 Å². The summed E-state index contributed by atoms with van der Waals surface area (Å²) in [6, 6.07) is -1.56. The molecule has 4 N–H and O–H groups in total. The monoisotopic (exact) mass is 217 g/mol. The SMILES string of the molecule is CNC(=O)CCNC(=O)NC(C)C(=O)O. The quantitative estimate of drug-likeness (QED) is 0.468. The predicted molar refractivity (Wildman–Crippen MR) is 52.3 cm³/mol. The van der Waals surface area contributed by atoms with E-state index in [1.54, 1.807) is 0 Å². The van der Waals surface area contributed by atoms with Crippen LogP contribution in [0.3, 0.4) is 0 Å². The third kappa shape index (κ3) is 6.30. The standard InChI is InChI=1S/C8H15N3O4/c1-5(7(13)14)11-8(15)10-4-3-6(12)9-2/h5H,3-4H2,1-2H3,(H,9,12)(H,13,14)(H2,10,11,15). The van der Waals surface area contributed by atoms with Gasteiger partial charge in [0.1, 0.15) is 6.04 Å². The molecule has 0 spiro atoms. The van der Waals surface area contributed by atoms with Gasteiger partial charge in [0.15, 0.2) is 0 Å². The summed E-state index contributed by atoms with van der Waals surface area (Å²) < 4.78 is 0. The molecular formula is C8H15N3O4. The van der Waals surface area contributed by atoms with Gasteiger partial charge in [-0.1, -0.05) is 0 Å². The van der Waals surface area contributed by atoms with Crippen LogP contribution in [-0.2, 0) is 9.59 Å². The first-order valence-corrected chi connectivity index (χ1v) is 4.45. The topological polar surface area (TPSA) is 108 Å². The number of urea groups is 1. The average molecular weight is 217 g/mol. The molecule has 15 heavy (non-hydrogen) atoms. The summed E-state index contributed by atoms with van der Waals surface area (Å²) in [7, 11) is 1.49. The minimum Gasteiger partial charge on any atom is -0.480 e. The summed E-state index contributed by atoms with van der Waals surface area (Å²) in [5.41, 5.74) is 0. The van der Waals surface area contributed by atoms with Gasteiger partial charge in [-0.25, -0.2) is 4.79 Å². The van der Waals surface area contributed by atoms with E-state index in [0.717, 1.165) is 0 Å². The zero-order valence-corrected chi connectivity index (χ0v) is 8.66. The highest BCUT2D eigenvalue weighted by Gasteiger charge is 2.13. The van der Waals surface area contributed by atoms with Crippen LogP contribution < -0.4 is 16.0 Å². The molecule has 3 amide bonds. The van der Waals surface area contributed by atoms with E-state index in [0.29, 0.717) is 0 Å². The summed E-state index contributed by atoms with van der Waals surface area (Å²) in [6.07, 6.45) is 0.158. The molecule has 0 bridgehead atoms. The van der Waals surface area contributed by atoms with Crippen molar-refractivity contribution in [1.29, 1.82) is 0 Å². The van der Waals surface area contributed by atoms with E-state index >= 15 is 0 Å². The zero-order valence-electron chi connectivity index (χ0n) is 8.66. The molecule has 0 radical (unpaired) electrons. The third-order valence-corrected chi connectivity index (χ3v) is 1.63.